The zero-order chi connectivity index (χ0) is 34.5. The number of nitrogens with zero attached hydrogens (tertiary/aromatic N) is 7. The fraction of sp³-hybridized carbons (Fsp3) is 0.615. The average molecular weight is 742 g/mol. The lowest BCUT2D eigenvalue weighted by Crippen LogP contribution is -2.38. The number of aromatic amines is 1. The molecular weight excluding hydrogens is 708 g/mol. The minimum atomic E-state index is -4.43. The van der Waals surface area contributed by atoms with Gasteiger partial charge in [-0.05, 0) is 38.0 Å². The number of aromatic nitrogens is 8. The van der Waals surface area contributed by atoms with Crippen molar-refractivity contribution in [2.75, 3.05) is 32.7 Å². The number of hydrogen-bond donors (Lipinski definition) is 4. The van der Waals surface area contributed by atoms with Gasteiger partial charge >= 0.3 is 14.5 Å². The van der Waals surface area contributed by atoms with Crippen molar-refractivity contribution in [2.45, 2.75) is 63.1 Å². The fourth-order valence-electron chi connectivity index (χ4n) is 7.39. The van der Waals surface area contributed by atoms with Crippen LogP contribution < -0.4 is 11.3 Å². The lowest BCUT2D eigenvalue weighted by Gasteiger charge is -2.32. The number of nitrogens with two attached hydrogens (primary N) is 1. The summed E-state index contributed by atoms with van der Waals surface area (Å²) in [6.45, 7) is -1.54. The molecule has 20 nitrogen and oxygen atoms in total. The highest BCUT2D eigenvalue weighted by Crippen LogP contribution is 2.72. The van der Waals surface area contributed by atoms with E-state index in [0.717, 1.165) is 0 Å². The zero-order valence-corrected chi connectivity index (χ0v) is 28.9. The number of nitrogen functional groups attached to an aromatic ring is 1. The second-order valence-electron chi connectivity index (χ2n) is 12.3. The normalized spacial score (nSPS) is 39.3. The third-order valence-electron chi connectivity index (χ3n) is 9.59. The van der Waals surface area contributed by atoms with E-state index in [-0.39, 0.29) is 42.7 Å². The monoisotopic (exact) mass is 741 g/mol. The molecule has 264 valence electrons. The first-order valence-corrected chi connectivity index (χ1v) is 19.4. The number of phosphoric ester groups is 1. The highest BCUT2D eigenvalue weighted by atomic mass is 32.5. The van der Waals surface area contributed by atoms with Crippen LogP contribution >= 0.6 is 14.5 Å². The van der Waals surface area contributed by atoms with E-state index in [2.05, 4.69) is 29.9 Å². The van der Waals surface area contributed by atoms with Crippen molar-refractivity contribution >= 4 is 54.5 Å². The van der Waals surface area contributed by atoms with Crippen molar-refractivity contribution in [1.82, 2.24) is 39.0 Å². The molecule has 49 heavy (non-hydrogen) atoms. The van der Waals surface area contributed by atoms with Gasteiger partial charge in [0.05, 0.1) is 38.5 Å². The number of hydrogen-bond acceptors (Lipinski definition) is 17. The summed E-state index contributed by atoms with van der Waals surface area (Å²) >= 11 is 5.46. The second kappa shape index (κ2) is 11.9. The van der Waals surface area contributed by atoms with Gasteiger partial charge in [0.2, 0.25) is 0 Å². The molecule has 2 saturated carbocycles. The molecule has 11 atom stereocenters. The van der Waals surface area contributed by atoms with E-state index in [9.17, 15) is 19.4 Å². The first-order valence-electron chi connectivity index (χ1n) is 15.3. The standard InChI is InChI=1S/C26H33N9O11P2S/c1-4-41-47(38)43-7-26-5-12(26)16(34-9-30-14-21(27)28-8-29-22(14)34)17(36)20(26)46-48(39,49)42-6-13-18(40-3)19(45-47)25(44-13)35-10-31-15-23(35)32-11(2)33-24(15)37/h8-10,12-13,16-20,25,36H,4-7H2,1-3H3,(H,39,49)(H2,27,28,29)(H,32,33,37)/t12-,13-,16-,17+,18-,19-,20+,25-,26-,47?,48?/m1/s1. The number of aryl methyl sites for hydroxylation is 1. The number of anilines is 1. The smallest absolute Gasteiger partial charge is 0.388 e. The van der Waals surface area contributed by atoms with Gasteiger partial charge in [0.25, 0.3) is 5.56 Å². The predicted octanol–water partition coefficient (Wildman–Crippen LogP) is 0.863. The molecule has 1 spiro atoms. The van der Waals surface area contributed by atoms with Gasteiger partial charge in [-0.3, -0.25) is 22.9 Å². The second-order valence-corrected chi connectivity index (χ2v) is 16.8. The van der Waals surface area contributed by atoms with Gasteiger partial charge in [-0.15, -0.1) is 0 Å². The Kier molecular flexibility index (Phi) is 8.10. The molecule has 0 amide bonds. The Morgan fingerprint density at radius 2 is 1.94 bits per heavy atom. The summed E-state index contributed by atoms with van der Waals surface area (Å²) in [4.78, 5) is 47.9. The maximum atomic E-state index is 14.5. The molecule has 0 radical (unpaired) electrons. The van der Waals surface area contributed by atoms with Crippen LogP contribution in [-0.4, -0.2) is 106 Å². The zero-order valence-electron chi connectivity index (χ0n) is 26.3. The van der Waals surface area contributed by atoms with Gasteiger partial charge < -0.3 is 43.8 Å². The summed E-state index contributed by atoms with van der Waals surface area (Å²) in [5, 5.41) is 11.7. The van der Waals surface area contributed by atoms with Gasteiger partial charge in [0.15, 0.2) is 28.9 Å². The summed E-state index contributed by atoms with van der Waals surface area (Å²) in [6, 6.07) is -0.668. The number of fused-ring (bicyclic) bond motifs is 4. The highest BCUT2D eigenvalue weighted by Gasteiger charge is 2.74. The lowest BCUT2D eigenvalue weighted by atomic mass is 10.0. The Morgan fingerprint density at radius 3 is 2.71 bits per heavy atom. The van der Waals surface area contributed by atoms with Crippen molar-refractivity contribution < 1.29 is 46.7 Å². The molecule has 8 rings (SSSR count). The minimum Gasteiger partial charge on any atom is -0.388 e. The van der Waals surface area contributed by atoms with Crippen LogP contribution in [0, 0.1) is 18.3 Å². The van der Waals surface area contributed by atoms with Crippen LogP contribution in [0.15, 0.2) is 23.8 Å². The molecule has 5 N–H and O–H groups in total. The summed E-state index contributed by atoms with van der Waals surface area (Å²) in [7, 11) is -3.04. The molecule has 4 fully saturated rings. The molecule has 6 heterocycles. The van der Waals surface area contributed by atoms with E-state index in [1.165, 1.54) is 30.7 Å². The van der Waals surface area contributed by atoms with Crippen molar-refractivity contribution in [1.29, 1.82) is 0 Å². The Labute approximate surface area is 282 Å². The number of methoxy groups -OCH3 is 1. The van der Waals surface area contributed by atoms with Crippen molar-refractivity contribution in [3.8, 4) is 0 Å². The van der Waals surface area contributed by atoms with Crippen LogP contribution in [0.1, 0.15) is 31.4 Å². The van der Waals surface area contributed by atoms with E-state index in [4.69, 9.17) is 49.6 Å². The number of aliphatic hydroxyl groups is 1. The van der Waals surface area contributed by atoms with Crippen LogP contribution in [0.2, 0.25) is 0 Å². The topological polar surface area (TPSA) is 255 Å². The SMILES string of the molecule is CCOP1(=O)OC[C@]23C[C@@H]2[C@@H](n2cnc4c(N)ncnc42)[C@H](O)[C@@H]3OP(O)(=S)OC[C@H]2O[C@@H](n3cnc4c(=O)[nH]c(C)nc43)[C@H](O1)[C@@H]2OC. The lowest BCUT2D eigenvalue weighted by molar-refractivity contribution is -0.0636. The number of imidazole rings is 2. The largest absolute Gasteiger partial charge is 0.475 e. The van der Waals surface area contributed by atoms with Crippen LogP contribution in [0.4, 0.5) is 5.82 Å². The number of H-pyrrole nitrogens is 1. The van der Waals surface area contributed by atoms with Gasteiger partial charge in [0.1, 0.15) is 48.2 Å². The van der Waals surface area contributed by atoms with E-state index < -0.39 is 68.3 Å². The number of phosphoric acid groups is 1. The molecule has 2 saturated heterocycles. The van der Waals surface area contributed by atoms with Crippen LogP contribution in [0.25, 0.3) is 22.3 Å². The van der Waals surface area contributed by atoms with Crippen molar-refractivity contribution in [3.05, 3.63) is 35.2 Å². The van der Waals surface area contributed by atoms with Gasteiger partial charge in [-0.1, -0.05) is 0 Å². The third-order valence-corrected chi connectivity index (χ3v) is 12.7. The summed E-state index contributed by atoms with van der Waals surface area (Å²) < 4.78 is 59.5. The molecule has 2 bridgehead atoms. The van der Waals surface area contributed by atoms with Crippen LogP contribution in [0.3, 0.4) is 0 Å². The molecule has 4 aromatic rings. The maximum Gasteiger partial charge on any atom is 0.475 e. The average Bonchev–Trinajstić information content (AvgIpc) is 3.35. The molecule has 4 aromatic heterocycles. The van der Waals surface area contributed by atoms with Crippen molar-refractivity contribution in [2.24, 2.45) is 11.3 Å². The highest BCUT2D eigenvalue weighted by molar-refractivity contribution is 8.07. The van der Waals surface area contributed by atoms with E-state index in [1.807, 2.05) is 0 Å². The molecular formula is C26H33N9O11P2S. The molecule has 4 aliphatic rings. The summed E-state index contributed by atoms with van der Waals surface area (Å²) in [5.74, 6) is 0.162. The fourth-order valence-corrected chi connectivity index (χ4v) is 10.3. The van der Waals surface area contributed by atoms with Gasteiger partial charge in [0, 0.05) is 12.5 Å². The minimum absolute atomic E-state index is 0.0404. The predicted molar refractivity (Wildman–Crippen MR) is 170 cm³/mol. The first kappa shape index (κ1) is 33.4. The van der Waals surface area contributed by atoms with Gasteiger partial charge in [-0.25, -0.2) is 29.5 Å². The Morgan fingerprint density at radius 1 is 1.16 bits per heavy atom. The summed E-state index contributed by atoms with van der Waals surface area (Å²) in [5.41, 5.74) is 5.50. The van der Waals surface area contributed by atoms with Crippen molar-refractivity contribution in [3.63, 3.8) is 0 Å². The molecule has 2 unspecified atom stereocenters. The molecule has 2 aliphatic heterocycles. The number of ether oxygens (including phenoxy) is 2. The molecule has 0 aromatic carbocycles. The number of nitrogens with one attached hydrogen (secondary N) is 1. The maximum absolute atomic E-state index is 14.5. The Bertz CT molecular complexity index is 2100. The summed E-state index contributed by atoms with van der Waals surface area (Å²) in [6.07, 6.45) is -2.12. The van der Waals surface area contributed by atoms with E-state index in [1.54, 1.807) is 18.4 Å². The number of aliphatic hydroxyl groups excluding tert-OH is 1. The van der Waals surface area contributed by atoms with E-state index >= 15 is 0 Å². The Balaban J connectivity index is 1.18. The quantitative estimate of drug-likeness (QED) is 0.207. The number of rotatable bonds is 5. The molecule has 2 aliphatic carbocycles. The first-order chi connectivity index (χ1) is 23.4. The van der Waals surface area contributed by atoms with Crippen LogP contribution in [0.5, 0.6) is 0 Å². The van der Waals surface area contributed by atoms with Gasteiger partial charge in [-0.2, -0.15) is 0 Å². The third kappa shape index (κ3) is 5.39. The van der Waals surface area contributed by atoms with Crippen LogP contribution in [-0.2, 0) is 48.5 Å². The molecule has 23 heteroatoms. The Hall–Kier alpha value is -2.78. The van der Waals surface area contributed by atoms with E-state index in [0.29, 0.717) is 23.4 Å².